The van der Waals surface area contributed by atoms with Gasteiger partial charge in [0.05, 0.1) is 22.3 Å². The number of hydrogen-bond donors (Lipinski definition) is 4. The molecule has 10 rings (SSSR count). The summed E-state index contributed by atoms with van der Waals surface area (Å²) in [6, 6.07) is 31.1. The Morgan fingerprint density at radius 3 is 0.500 bits per heavy atom. The molecule has 0 heterocycles. The maximum Gasteiger partial charge on any atom is 0.411 e. The first-order valence-corrected chi connectivity index (χ1v) is 31.0. The molecule has 0 spiro atoms. The highest BCUT2D eigenvalue weighted by molar-refractivity contribution is 5.70. The fraction of sp³-hybridized carbons (Fsp3) is 0.211. The van der Waals surface area contributed by atoms with Gasteiger partial charge in [-0.2, -0.15) is 96.6 Å². The Bertz CT molecular complexity index is 4270. The summed E-state index contributed by atoms with van der Waals surface area (Å²) in [5.41, 5.74) is -15.9. The smallest absolute Gasteiger partial charge is 0.411 e. The molecule has 114 heavy (non-hydrogen) atoms. The third-order valence-corrected chi connectivity index (χ3v) is 15.7. The summed E-state index contributed by atoms with van der Waals surface area (Å²) in [7, 11) is 0. The molecule has 0 aliphatic heterocycles. The minimum Gasteiger partial charge on any atom is -0.508 e. The number of halogens is 34. The Labute approximate surface area is 622 Å². The standard InChI is InChI=1S/C17H14F6.C15H10F6O2.C14H6F8.C14H14.C12H2F8O2.2C2H3F3/c1-11-3-7-13(8-4-11)15(16(18,19)20,17(21,22)23)14-9-5-12(2)6-10-14;16-14(17,18)13(15(19,20)21,9-1-5-11(22)6-2-9)10-3-7-12(23)8-4-10;1-3-7(15)11(19)5(12(20)8(3)16)6-13(21)9(17)4(2)10(18)14(6)22;1-11-3-7-13(8-4-11)14-9-5-12(2)6-10-14;13-3-1(4(14)8(18)11(21)7(3)17)2-5(15)9(19)12(22)10(20)6(2)16;2*1-2(3,4)5/h3-10H,1-2H3;1-8,22-23H;1-2H3;3-10H,1-2H3;21-22H;2*1H3. The molecule has 4 nitrogen and oxygen atoms in total. The van der Waals surface area contributed by atoms with Crippen LogP contribution in [0.2, 0.25) is 0 Å². The van der Waals surface area contributed by atoms with Gasteiger partial charge in [0.2, 0.25) is 34.1 Å². The van der Waals surface area contributed by atoms with E-state index in [1.807, 2.05) is 0 Å². The van der Waals surface area contributed by atoms with Crippen LogP contribution in [-0.4, -0.2) is 57.5 Å². The van der Waals surface area contributed by atoms with Crippen molar-refractivity contribution in [2.24, 2.45) is 0 Å². The van der Waals surface area contributed by atoms with Crippen molar-refractivity contribution in [1.82, 2.24) is 0 Å². The fourth-order valence-corrected chi connectivity index (χ4v) is 10.1. The molecule has 0 aliphatic carbocycles. The number of rotatable bonds is 7. The summed E-state index contributed by atoms with van der Waals surface area (Å²) in [6.07, 6.45) is -30.5. The molecule has 0 bridgehead atoms. The molecule has 618 valence electrons. The Morgan fingerprint density at radius 2 is 0.342 bits per heavy atom. The lowest BCUT2D eigenvalue weighted by atomic mass is 9.72. The van der Waals surface area contributed by atoms with Crippen molar-refractivity contribution in [2.75, 3.05) is 0 Å². The summed E-state index contributed by atoms with van der Waals surface area (Å²) in [6.45, 7) is 9.15. The molecule has 10 aromatic rings. The van der Waals surface area contributed by atoms with E-state index in [9.17, 15) is 149 Å². The number of aryl methyl sites for hydroxylation is 4. The lowest BCUT2D eigenvalue weighted by Gasteiger charge is -2.38. The average Bonchev–Trinajstić information content (AvgIpc) is 0.715. The van der Waals surface area contributed by atoms with E-state index in [4.69, 9.17) is 20.4 Å². The largest absolute Gasteiger partial charge is 0.508 e. The van der Waals surface area contributed by atoms with Crippen LogP contribution in [0.25, 0.3) is 33.4 Å². The Hall–Kier alpha value is -11.0. The van der Waals surface area contributed by atoms with Crippen LogP contribution in [0.4, 0.5) is 149 Å². The molecule has 4 N–H and O–H groups in total. The average molecular weight is 1680 g/mol. The highest BCUT2D eigenvalue weighted by atomic mass is 19.4. The van der Waals surface area contributed by atoms with Crippen molar-refractivity contribution in [1.29, 1.82) is 0 Å². The van der Waals surface area contributed by atoms with Crippen molar-refractivity contribution < 1.29 is 170 Å². The molecular formula is C76H52F34O4. The molecule has 0 atom stereocenters. The minimum atomic E-state index is -5.70. The molecule has 0 aromatic heterocycles. The quantitative estimate of drug-likeness (QED) is 0.0947. The predicted molar refractivity (Wildman–Crippen MR) is 345 cm³/mol. The Morgan fingerprint density at radius 1 is 0.202 bits per heavy atom. The zero-order chi connectivity index (χ0) is 87.8. The first kappa shape index (κ1) is 95.4. The van der Waals surface area contributed by atoms with E-state index >= 15 is 0 Å². The maximum absolute atomic E-state index is 13.8. The second kappa shape index (κ2) is 36.4. The van der Waals surface area contributed by atoms with Crippen LogP contribution in [0.5, 0.6) is 23.0 Å². The van der Waals surface area contributed by atoms with Gasteiger partial charge in [0, 0.05) is 25.0 Å². The monoisotopic (exact) mass is 1670 g/mol. The maximum atomic E-state index is 13.8. The number of benzene rings is 10. The highest BCUT2D eigenvalue weighted by Gasteiger charge is 2.73. The van der Waals surface area contributed by atoms with Crippen molar-refractivity contribution in [3.63, 3.8) is 0 Å². The number of phenolic OH excluding ortho intramolecular Hbond substituents is 4. The van der Waals surface area contributed by atoms with Crippen LogP contribution in [-0.2, 0) is 10.8 Å². The number of phenols is 4. The molecular weight excluding hydrogens is 1620 g/mol. The number of hydrogen-bond acceptors (Lipinski definition) is 4. The van der Waals surface area contributed by atoms with Crippen LogP contribution >= 0.6 is 0 Å². The molecule has 0 fully saturated rings. The van der Waals surface area contributed by atoms with E-state index in [0.717, 1.165) is 48.5 Å². The summed E-state index contributed by atoms with van der Waals surface area (Å²) in [5.74, 6) is -41.1. The summed E-state index contributed by atoms with van der Waals surface area (Å²) < 4.78 is 442. The molecule has 38 heteroatoms. The molecule has 0 aliphatic rings. The molecule has 10 aromatic carbocycles. The van der Waals surface area contributed by atoms with Crippen LogP contribution in [0, 0.1) is 135 Å². The normalized spacial score (nSPS) is 11.9. The third kappa shape index (κ3) is 21.5. The minimum absolute atomic E-state index is 0.188. The molecule has 0 radical (unpaired) electrons. The zero-order valence-electron chi connectivity index (χ0n) is 58.5. The summed E-state index contributed by atoms with van der Waals surface area (Å²) in [4.78, 5) is 0. The zero-order valence-corrected chi connectivity index (χ0v) is 58.5. The third-order valence-electron chi connectivity index (χ3n) is 15.7. The van der Waals surface area contributed by atoms with Crippen molar-refractivity contribution in [3.8, 4) is 56.4 Å². The SMILES string of the molecule is CC(F)(F)F.CC(F)(F)F.Cc1c(F)c(F)c(-c2c(F)c(F)c(C)c(F)c2F)c(F)c1F.Cc1ccc(-c2ccc(C)cc2)cc1.Cc1ccc(C(c2ccc(C)cc2)(C(F)(F)F)C(F)(F)F)cc1.Oc1c(F)c(F)c(-c2c(F)c(F)c(O)c(F)c2F)c(F)c1F.Oc1ccc(C(c2ccc(O)cc2)(C(F)(F)F)C(F)(F)F)cc1. The van der Waals surface area contributed by atoms with E-state index < -0.39 is 220 Å². The van der Waals surface area contributed by atoms with Crippen LogP contribution in [0.15, 0.2) is 146 Å². The van der Waals surface area contributed by atoms with Gasteiger partial charge < -0.3 is 20.4 Å². The second-order valence-corrected chi connectivity index (χ2v) is 24.1. The van der Waals surface area contributed by atoms with E-state index in [1.54, 1.807) is 13.8 Å². The Kier molecular flexibility index (Phi) is 30.5. The van der Waals surface area contributed by atoms with Crippen molar-refractivity contribution in [2.45, 2.75) is 103 Å². The predicted octanol–water partition coefficient (Wildman–Crippen LogP) is 26.3. The van der Waals surface area contributed by atoms with Gasteiger partial charge in [0.25, 0.3) is 0 Å². The van der Waals surface area contributed by atoms with Gasteiger partial charge in [-0.05, 0) is 99.2 Å². The van der Waals surface area contributed by atoms with Crippen LogP contribution in [0.1, 0.15) is 69.5 Å². The van der Waals surface area contributed by atoms with E-state index in [2.05, 4.69) is 62.4 Å². The second-order valence-electron chi connectivity index (χ2n) is 24.1. The van der Waals surface area contributed by atoms with Crippen molar-refractivity contribution >= 4 is 0 Å². The molecule has 0 saturated carbocycles. The van der Waals surface area contributed by atoms with Gasteiger partial charge in [-0.3, -0.25) is 0 Å². The van der Waals surface area contributed by atoms with Gasteiger partial charge in [-0.15, -0.1) is 0 Å². The van der Waals surface area contributed by atoms with Gasteiger partial charge in [-0.1, -0.05) is 144 Å². The van der Waals surface area contributed by atoms with Crippen LogP contribution < -0.4 is 0 Å². The summed E-state index contributed by atoms with van der Waals surface area (Å²) >= 11 is 0. The topological polar surface area (TPSA) is 80.9 Å². The van der Waals surface area contributed by atoms with Crippen LogP contribution in [0.3, 0.4) is 0 Å². The van der Waals surface area contributed by atoms with Gasteiger partial charge in [-0.25, -0.2) is 52.7 Å². The van der Waals surface area contributed by atoms with Gasteiger partial charge in [0.15, 0.2) is 81.3 Å². The number of aromatic hydroxyl groups is 4. The molecule has 0 saturated heterocycles. The first-order valence-electron chi connectivity index (χ1n) is 31.0. The van der Waals surface area contributed by atoms with Gasteiger partial charge in [0.1, 0.15) is 11.5 Å². The van der Waals surface area contributed by atoms with E-state index in [-0.39, 0.29) is 13.8 Å². The summed E-state index contributed by atoms with van der Waals surface area (Å²) in [5, 5.41) is 35.7. The molecule has 0 amide bonds. The lowest BCUT2D eigenvalue weighted by molar-refractivity contribution is -0.290. The number of alkyl halides is 18. The Balaban J connectivity index is 0.000000293. The van der Waals surface area contributed by atoms with E-state index in [1.165, 1.54) is 46.5 Å². The highest BCUT2D eigenvalue weighted by Crippen LogP contribution is 2.58. The first-order chi connectivity index (χ1) is 52.0. The van der Waals surface area contributed by atoms with Gasteiger partial charge >= 0.3 is 37.1 Å². The van der Waals surface area contributed by atoms with Crippen molar-refractivity contribution in [3.05, 3.63) is 294 Å². The molecule has 0 unspecified atom stereocenters. The van der Waals surface area contributed by atoms with E-state index in [0.29, 0.717) is 49.2 Å². The lowest BCUT2D eigenvalue weighted by Crippen LogP contribution is -2.54. The fourth-order valence-electron chi connectivity index (χ4n) is 10.1.